The van der Waals surface area contributed by atoms with Gasteiger partial charge in [-0.2, -0.15) is 0 Å². The van der Waals surface area contributed by atoms with Gasteiger partial charge in [0.25, 0.3) is 6.47 Å². The minimum atomic E-state index is 0.0637. The van der Waals surface area contributed by atoms with Crippen LogP contribution in [-0.2, 0) is 19.0 Å². The lowest BCUT2D eigenvalue weighted by molar-refractivity contribution is -0.150. The molecule has 1 aliphatic rings. The maximum Gasteiger partial charge on any atom is 0.295 e. The summed E-state index contributed by atoms with van der Waals surface area (Å²) in [5.74, 6) is 0. The molecule has 0 aromatic heterocycles. The Morgan fingerprint density at radius 1 is 1.45 bits per heavy atom. The van der Waals surface area contributed by atoms with E-state index in [1.807, 2.05) is 0 Å². The number of hydrogen-bond acceptors (Lipinski definition) is 4. The van der Waals surface area contributed by atoms with E-state index in [0.29, 0.717) is 6.47 Å². The highest BCUT2D eigenvalue weighted by Gasteiger charge is 2.13. The lowest BCUT2D eigenvalue weighted by Gasteiger charge is -2.21. The number of ether oxygens (including phenoxy) is 3. The van der Waals surface area contributed by atoms with Gasteiger partial charge in [0.15, 0.2) is 6.79 Å². The molecule has 0 bridgehead atoms. The van der Waals surface area contributed by atoms with Gasteiger partial charge in [-0.3, -0.25) is 4.79 Å². The second kappa shape index (κ2) is 5.09. The molecular weight excluding hydrogens is 148 g/mol. The van der Waals surface area contributed by atoms with Gasteiger partial charge in [-0.1, -0.05) is 0 Å². The third kappa shape index (κ3) is 3.34. The normalized spacial score (nSPS) is 19.6. The average molecular weight is 160 g/mol. The lowest BCUT2D eigenvalue weighted by atomic mass is 10.2. The van der Waals surface area contributed by atoms with Gasteiger partial charge in [-0.25, -0.2) is 0 Å². The van der Waals surface area contributed by atoms with Crippen LogP contribution in [0.5, 0.6) is 0 Å². The van der Waals surface area contributed by atoms with Crippen LogP contribution in [0.2, 0.25) is 0 Å². The summed E-state index contributed by atoms with van der Waals surface area (Å²) in [5.41, 5.74) is 0. The van der Waals surface area contributed by atoms with Crippen molar-refractivity contribution in [1.29, 1.82) is 0 Å². The molecule has 0 aromatic rings. The first-order valence-corrected chi connectivity index (χ1v) is 3.68. The molecule has 4 heteroatoms. The number of carbonyl (C=O) groups excluding carboxylic acids is 1. The van der Waals surface area contributed by atoms with E-state index < -0.39 is 0 Å². The maximum atomic E-state index is 9.72. The molecule has 11 heavy (non-hydrogen) atoms. The largest absolute Gasteiger partial charge is 0.441 e. The predicted molar refractivity (Wildman–Crippen MR) is 36.9 cm³/mol. The van der Waals surface area contributed by atoms with Gasteiger partial charge in [0, 0.05) is 13.2 Å². The Morgan fingerprint density at radius 3 is 2.82 bits per heavy atom. The van der Waals surface area contributed by atoms with E-state index in [1.165, 1.54) is 0 Å². The molecule has 1 saturated heterocycles. The highest BCUT2D eigenvalue weighted by Crippen LogP contribution is 2.09. The van der Waals surface area contributed by atoms with Gasteiger partial charge < -0.3 is 14.2 Å². The van der Waals surface area contributed by atoms with E-state index in [9.17, 15) is 4.79 Å². The highest BCUT2D eigenvalue weighted by molar-refractivity contribution is 5.36. The van der Waals surface area contributed by atoms with Gasteiger partial charge in [-0.05, 0) is 12.8 Å². The van der Waals surface area contributed by atoms with Gasteiger partial charge in [0.2, 0.25) is 0 Å². The molecule has 64 valence electrons. The van der Waals surface area contributed by atoms with Crippen LogP contribution in [0.4, 0.5) is 0 Å². The van der Waals surface area contributed by atoms with Gasteiger partial charge in [0.05, 0.1) is 6.10 Å². The highest BCUT2D eigenvalue weighted by atomic mass is 16.7. The van der Waals surface area contributed by atoms with Crippen LogP contribution in [0.15, 0.2) is 0 Å². The smallest absolute Gasteiger partial charge is 0.295 e. The molecule has 0 aliphatic carbocycles. The Kier molecular flexibility index (Phi) is 3.93. The van der Waals surface area contributed by atoms with Crippen molar-refractivity contribution in [2.24, 2.45) is 0 Å². The summed E-state index contributed by atoms with van der Waals surface area (Å²) in [6.07, 6.45) is 1.98. The van der Waals surface area contributed by atoms with Crippen molar-refractivity contribution in [3.05, 3.63) is 0 Å². The van der Waals surface area contributed by atoms with Gasteiger partial charge in [-0.15, -0.1) is 0 Å². The summed E-state index contributed by atoms with van der Waals surface area (Å²) in [7, 11) is 0. The lowest BCUT2D eigenvalue weighted by Crippen LogP contribution is -2.24. The summed E-state index contributed by atoms with van der Waals surface area (Å²) in [5, 5.41) is 0. The fourth-order valence-corrected chi connectivity index (χ4v) is 1.01. The molecule has 0 N–H and O–H groups in total. The number of carbonyl (C=O) groups is 1. The number of rotatable bonds is 4. The fourth-order valence-electron chi connectivity index (χ4n) is 1.01. The summed E-state index contributed by atoms with van der Waals surface area (Å²) < 4.78 is 14.7. The maximum absolute atomic E-state index is 9.72. The minimum Gasteiger partial charge on any atom is -0.441 e. The molecule has 1 heterocycles. The summed E-state index contributed by atoms with van der Waals surface area (Å²) in [4.78, 5) is 9.72. The Labute approximate surface area is 65.4 Å². The van der Waals surface area contributed by atoms with Crippen LogP contribution in [0.1, 0.15) is 12.8 Å². The van der Waals surface area contributed by atoms with Crippen molar-refractivity contribution in [3.63, 3.8) is 0 Å². The summed E-state index contributed by atoms with van der Waals surface area (Å²) in [6.45, 7) is 1.94. The van der Waals surface area contributed by atoms with E-state index in [1.54, 1.807) is 0 Å². The molecule has 0 saturated carbocycles. The van der Waals surface area contributed by atoms with E-state index >= 15 is 0 Å². The molecule has 0 unspecified atom stereocenters. The fraction of sp³-hybridized carbons (Fsp3) is 0.857. The topological polar surface area (TPSA) is 44.8 Å². The van der Waals surface area contributed by atoms with E-state index in [2.05, 4.69) is 4.74 Å². The first-order chi connectivity index (χ1) is 5.43. The summed E-state index contributed by atoms with van der Waals surface area (Å²) >= 11 is 0. The molecule has 0 aromatic carbocycles. The van der Waals surface area contributed by atoms with Crippen LogP contribution in [-0.4, -0.2) is 32.6 Å². The van der Waals surface area contributed by atoms with Crippen molar-refractivity contribution >= 4 is 6.47 Å². The standard InChI is InChI=1S/C7H12O4/c8-5-10-6-11-7-1-3-9-4-2-7/h5,7H,1-4,6H2. The van der Waals surface area contributed by atoms with Crippen molar-refractivity contribution in [2.75, 3.05) is 20.0 Å². The Morgan fingerprint density at radius 2 is 2.18 bits per heavy atom. The van der Waals surface area contributed by atoms with E-state index in [-0.39, 0.29) is 12.9 Å². The van der Waals surface area contributed by atoms with Gasteiger partial charge in [0.1, 0.15) is 0 Å². The Bertz CT molecular complexity index is 109. The van der Waals surface area contributed by atoms with Gasteiger partial charge >= 0.3 is 0 Å². The SMILES string of the molecule is O=COCOC1CCOCC1. The zero-order chi connectivity index (χ0) is 7.94. The van der Waals surface area contributed by atoms with Crippen LogP contribution in [0.25, 0.3) is 0 Å². The minimum absolute atomic E-state index is 0.0637. The summed E-state index contributed by atoms with van der Waals surface area (Å²) in [6, 6.07) is 0. The second-order valence-corrected chi connectivity index (χ2v) is 2.36. The van der Waals surface area contributed by atoms with E-state index in [4.69, 9.17) is 9.47 Å². The van der Waals surface area contributed by atoms with Crippen LogP contribution < -0.4 is 0 Å². The molecular formula is C7H12O4. The second-order valence-electron chi connectivity index (χ2n) is 2.36. The molecule has 1 fully saturated rings. The van der Waals surface area contributed by atoms with E-state index in [0.717, 1.165) is 26.1 Å². The molecule has 0 spiro atoms. The predicted octanol–water partition coefficient (Wildman–Crippen LogP) is 0.312. The number of hydrogen-bond donors (Lipinski definition) is 0. The van der Waals surface area contributed by atoms with Crippen LogP contribution >= 0.6 is 0 Å². The van der Waals surface area contributed by atoms with Crippen molar-refractivity contribution in [1.82, 2.24) is 0 Å². The Hall–Kier alpha value is -0.610. The molecule has 0 radical (unpaired) electrons. The third-order valence-corrected chi connectivity index (χ3v) is 1.61. The molecule has 1 aliphatic heterocycles. The van der Waals surface area contributed by atoms with Crippen LogP contribution in [0.3, 0.4) is 0 Å². The first-order valence-electron chi connectivity index (χ1n) is 3.68. The third-order valence-electron chi connectivity index (χ3n) is 1.61. The zero-order valence-corrected chi connectivity index (χ0v) is 6.32. The molecule has 0 atom stereocenters. The van der Waals surface area contributed by atoms with Crippen molar-refractivity contribution < 1.29 is 19.0 Å². The first kappa shape index (κ1) is 8.49. The molecule has 0 amide bonds. The Balaban J connectivity index is 2.00. The van der Waals surface area contributed by atoms with Crippen LogP contribution in [0, 0.1) is 0 Å². The monoisotopic (exact) mass is 160 g/mol. The molecule has 4 nitrogen and oxygen atoms in total. The zero-order valence-electron chi connectivity index (χ0n) is 6.32. The average Bonchev–Trinajstić information content (AvgIpc) is 2.07. The quantitative estimate of drug-likeness (QED) is 0.337. The van der Waals surface area contributed by atoms with Crippen molar-refractivity contribution in [3.8, 4) is 0 Å². The van der Waals surface area contributed by atoms with Crippen molar-refractivity contribution in [2.45, 2.75) is 18.9 Å². The molecule has 1 rings (SSSR count).